The predicted molar refractivity (Wildman–Crippen MR) is 73.4 cm³/mol. The van der Waals surface area contributed by atoms with Crippen LogP contribution in [0, 0.1) is 6.92 Å². The quantitative estimate of drug-likeness (QED) is 0.796. The molecule has 0 N–H and O–H groups in total. The molecule has 0 atom stereocenters. The minimum Gasteiger partial charge on any atom is -0.376 e. The van der Waals surface area contributed by atoms with E-state index in [0.29, 0.717) is 0 Å². The molecule has 0 aliphatic heterocycles. The Balaban J connectivity index is 0.000000318. The van der Waals surface area contributed by atoms with Gasteiger partial charge in [-0.3, -0.25) is 0 Å². The molecule has 0 radical (unpaired) electrons. The summed E-state index contributed by atoms with van der Waals surface area (Å²) in [6, 6.07) is 10.3. The molecular formula is C15H26O2. The first-order chi connectivity index (χ1) is 7.77. The van der Waals surface area contributed by atoms with Gasteiger partial charge in [0.15, 0.2) is 0 Å². The summed E-state index contributed by atoms with van der Waals surface area (Å²) in [5.41, 5.74) is 0.853. The summed E-state index contributed by atoms with van der Waals surface area (Å²) >= 11 is 0. The zero-order valence-electron chi connectivity index (χ0n) is 12.2. The van der Waals surface area contributed by atoms with Crippen molar-refractivity contribution in [1.29, 1.82) is 0 Å². The van der Waals surface area contributed by atoms with E-state index < -0.39 is 0 Å². The second-order valence-electron chi connectivity index (χ2n) is 5.08. The number of benzene rings is 1. The van der Waals surface area contributed by atoms with E-state index in [0.717, 1.165) is 0 Å². The first kappa shape index (κ1) is 16.1. The second-order valence-corrected chi connectivity index (χ2v) is 5.08. The van der Waals surface area contributed by atoms with Crippen LogP contribution in [-0.2, 0) is 9.47 Å². The number of methoxy groups -OCH3 is 2. The van der Waals surface area contributed by atoms with E-state index in [-0.39, 0.29) is 11.2 Å². The summed E-state index contributed by atoms with van der Waals surface area (Å²) < 4.78 is 10.5. The van der Waals surface area contributed by atoms with Crippen LogP contribution in [0.3, 0.4) is 0 Å². The Kier molecular flexibility index (Phi) is 6.43. The maximum atomic E-state index is 5.27. The summed E-state index contributed by atoms with van der Waals surface area (Å²) in [5, 5.41) is 0. The maximum absolute atomic E-state index is 5.27. The van der Waals surface area contributed by atoms with Crippen molar-refractivity contribution in [3.8, 4) is 0 Å². The van der Waals surface area contributed by atoms with E-state index in [1.807, 2.05) is 45.9 Å². The molecule has 0 heterocycles. The van der Waals surface area contributed by atoms with Crippen LogP contribution in [0.5, 0.6) is 0 Å². The van der Waals surface area contributed by atoms with Gasteiger partial charge in [0.2, 0.25) is 0 Å². The Labute approximate surface area is 106 Å². The van der Waals surface area contributed by atoms with Gasteiger partial charge in [-0.2, -0.15) is 0 Å². The second kappa shape index (κ2) is 6.77. The molecule has 0 unspecified atom stereocenters. The highest BCUT2D eigenvalue weighted by Crippen LogP contribution is 2.27. The van der Waals surface area contributed by atoms with Crippen LogP contribution in [0.15, 0.2) is 30.3 Å². The fourth-order valence-corrected chi connectivity index (χ4v) is 1.03. The van der Waals surface area contributed by atoms with Crippen molar-refractivity contribution in [3.63, 3.8) is 0 Å². The Hall–Kier alpha value is -0.860. The average molecular weight is 238 g/mol. The van der Waals surface area contributed by atoms with Crippen LogP contribution < -0.4 is 0 Å². The number of ether oxygens (including phenoxy) is 2. The van der Waals surface area contributed by atoms with Crippen molar-refractivity contribution in [2.45, 2.75) is 45.8 Å². The average Bonchev–Trinajstić information content (AvgIpc) is 2.30. The van der Waals surface area contributed by atoms with E-state index in [9.17, 15) is 0 Å². The third kappa shape index (κ3) is 5.33. The van der Waals surface area contributed by atoms with Crippen LogP contribution in [0.1, 0.15) is 33.3 Å². The number of aryl methyl sites for hydroxylation is 1. The molecule has 1 rings (SSSR count). The van der Waals surface area contributed by atoms with Crippen molar-refractivity contribution in [1.82, 2.24) is 0 Å². The van der Waals surface area contributed by atoms with Gasteiger partial charge in [-0.1, -0.05) is 35.9 Å². The van der Waals surface area contributed by atoms with Crippen LogP contribution in [0.2, 0.25) is 0 Å². The van der Waals surface area contributed by atoms with Crippen LogP contribution >= 0.6 is 0 Å². The van der Waals surface area contributed by atoms with Crippen LogP contribution in [0.25, 0.3) is 0 Å². The summed E-state index contributed by atoms with van der Waals surface area (Å²) in [4.78, 5) is 0. The van der Waals surface area contributed by atoms with Gasteiger partial charge in [0, 0.05) is 14.2 Å². The number of hydrogen-bond acceptors (Lipinski definition) is 2. The van der Waals surface area contributed by atoms with Gasteiger partial charge in [-0.05, 0) is 34.6 Å². The molecule has 0 saturated heterocycles. The van der Waals surface area contributed by atoms with Crippen LogP contribution in [-0.4, -0.2) is 25.4 Å². The SMILES string of the molecule is COC(C)(C)C(C)(C)OC.Cc1ccccc1. The molecule has 1 aromatic rings. The molecule has 0 fully saturated rings. The normalized spacial score (nSPS) is 11.7. The molecule has 0 spiro atoms. The summed E-state index contributed by atoms with van der Waals surface area (Å²) in [6.45, 7) is 10.1. The number of rotatable bonds is 3. The van der Waals surface area contributed by atoms with Gasteiger partial charge in [0.1, 0.15) is 0 Å². The largest absolute Gasteiger partial charge is 0.376 e. The monoisotopic (exact) mass is 238 g/mol. The van der Waals surface area contributed by atoms with Gasteiger partial charge < -0.3 is 9.47 Å². The minimum absolute atomic E-state index is 0.234. The molecule has 2 heteroatoms. The van der Waals surface area contributed by atoms with E-state index in [1.165, 1.54) is 5.56 Å². The molecule has 17 heavy (non-hydrogen) atoms. The maximum Gasteiger partial charge on any atom is 0.0905 e. The molecule has 0 bridgehead atoms. The van der Waals surface area contributed by atoms with E-state index in [1.54, 1.807) is 14.2 Å². The highest BCUT2D eigenvalue weighted by molar-refractivity contribution is 5.11. The lowest BCUT2D eigenvalue weighted by Crippen LogP contribution is -2.48. The zero-order valence-corrected chi connectivity index (χ0v) is 12.2. The molecule has 0 aliphatic rings. The van der Waals surface area contributed by atoms with Gasteiger partial charge >= 0.3 is 0 Å². The molecule has 0 aromatic heterocycles. The molecule has 98 valence electrons. The minimum atomic E-state index is -0.234. The molecule has 1 aromatic carbocycles. The van der Waals surface area contributed by atoms with E-state index in [4.69, 9.17) is 9.47 Å². The van der Waals surface area contributed by atoms with Gasteiger partial charge in [0.25, 0.3) is 0 Å². The summed E-state index contributed by atoms with van der Waals surface area (Å²) in [5.74, 6) is 0. The summed E-state index contributed by atoms with van der Waals surface area (Å²) in [6.07, 6.45) is 0. The first-order valence-corrected chi connectivity index (χ1v) is 5.89. The highest BCUT2D eigenvalue weighted by atomic mass is 16.5. The Bertz CT molecular complexity index is 288. The number of hydrogen-bond donors (Lipinski definition) is 0. The lowest BCUT2D eigenvalue weighted by Gasteiger charge is -2.38. The first-order valence-electron chi connectivity index (χ1n) is 5.89. The third-order valence-corrected chi connectivity index (χ3v) is 3.41. The van der Waals surface area contributed by atoms with Crippen LogP contribution in [0.4, 0.5) is 0 Å². The van der Waals surface area contributed by atoms with Gasteiger partial charge in [-0.15, -0.1) is 0 Å². The fourth-order valence-electron chi connectivity index (χ4n) is 1.03. The van der Waals surface area contributed by atoms with Crippen molar-refractivity contribution < 1.29 is 9.47 Å². The Morgan fingerprint density at radius 1 is 0.765 bits per heavy atom. The topological polar surface area (TPSA) is 18.5 Å². The molecular weight excluding hydrogens is 212 g/mol. The fraction of sp³-hybridized carbons (Fsp3) is 0.600. The van der Waals surface area contributed by atoms with Gasteiger partial charge in [0.05, 0.1) is 11.2 Å². The lowest BCUT2D eigenvalue weighted by atomic mass is 9.89. The van der Waals surface area contributed by atoms with Crippen molar-refractivity contribution in [3.05, 3.63) is 35.9 Å². The standard InChI is InChI=1S/C8H18O2.C7H8/c1-7(2,9-5)8(3,4)10-6;1-7-5-3-2-4-6-7/h1-6H3;2-6H,1H3. The molecule has 0 saturated carbocycles. The molecule has 2 nitrogen and oxygen atoms in total. The molecule has 0 aliphatic carbocycles. The predicted octanol–water partition coefficient (Wildman–Crippen LogP) is 3.83. The van der Waals surface area contributed by atoms with Crippen molar-refractivity contribution in [2.24, 2.45) is 0 Å². The van der Waals surface area contributed by atoms with Crippen molar-refractivity contribution in [2.75, 3.05) is 14.2 Å². The zero-order chi connectivity index (χ0) is 13.5. The molecule has 0 amide bonds. The smallest absolute Gasteiger partial charge is 0.0905 e. The van der Waals surface area contributed by atoms with E-state index in [2.05, 4.69) is 19.1 Å². The summed E-state index contributed by atoms with van der Waals surface area (Å²) in [7, 11) is 3.39. The highest BCUT2D eigenvalue weighted by Gasteiger charge is 2.36. The van der Waals surface area contributed by atoms with Gasteiger partial charge in [-0.25, -0.2) is 0 Å². The Morgan fingerprint density at radius 2 is 1.12 bits per heavy atom. The lowest BCUT2D eigenvalue weighted by molar-refractivity contribution is -0.147. The Morgan fingerprint density at radius 3 is 1.29 bits per heavy atom. The van der Waals surface area contributed by atoms with E-state index >= 15 is 0 Å². The third-order valence-electron chi connectivity index (χ3n) is 3.41. The van der Waals surface area contributed by atoms with Crippen molar-refractivity contribution >= 4 is 0 Å².